The van der Waals surface area contributed by atoms with Gasteiger partial charge in [0.05, 0.1) is 22.8 Å². The van der Waals surface area contributed by atoms with Crippen molar-refractivity contribution >= 4 is 47.0 Å². The number of hydrogen-bond donors (Lipinski definition) is 2. The van der Waals surface area contributed by atoms with Crippen molar-refractivity contribution in [3.63, 3.8) is 0 Å². The molecule has 0 unspecified atom stereocenters. The van der Waals surface area contributed by atoms with E-state index in [-0.39, 0.29) is 28.7 Å². The maximum atomic E-state index is 13.1. The summed E-state index contributed by atoms with van der Waals surface area (Å²) in [5.74, 6) is -1.36. The summed E-state index contributed by atoms with van der Waals surface area (Å²) in [5, 5.41) is 16.7. The van der Waals surface area contributed by atoms with Gasteiger partial charge in [-0.15, -0.1) is 11.8 Å². The van der Waals surface area contributed by atoms with E-state index in [1.165, 1.54) is 36.0 Å². The molecule has 184 valence electrons. The fourth-order valence-electron chi connectivity index (χ4n) is 3.05. The van der Waals surface area contributed by atoms with Crippen LogP contribution < -0.4 is 10.6 Å². The molecular formula is C26H23N3O6S. The van der Waals surface area contributed by atoms with Crippen molar-refractivity contribution in [2.75, 3.05) is 17.7 Å². The molecule has 0 aliphatic carbocycles. The second kappa shape index (κ2) is 12.9. The van der Waals surface area contributed by atoms with E-state index < -0.39 is 16.7 Å². The van der Waals surface area contributed by atoms with Crippen LogP contribution in [0.4, 0.5) is 11.4 Å². The maximum absolute atomic E-state index is 13.1. The minimum absolute atomic E-state index is 0.159. The predicted octanol–water partition coefficient (Wildman–Crippen LogP) is 4.66. The SMILES string of the molecule is CCOC(=O)CSc1ccc(NC(=O)/C(=C\c2ccccc2[N+](=O)[O-])NC(=O)c2ccccc2)cc1. The molecule has 0 aliphatic heterocycles. The topological polar surface area (TPSA) is 128 Å². The molecule has 0 atom stereocenters. The van der Waals surface area contributed by atoms with Crippen molar-refractivity contribution in [1.82, 2.24) is 5.32 Å². The summed E-state index contributed by atoms with van der Waals surface area (Å²) in [4.78, 5) is 49.0. The lowest BCUT2D eigenvalue weighted by Gasteiger charge is -2.12. The van der Waals surface area contributed by atoms with E-state index in [0.29, 0.717) is 17.9 Å². The molecule has 10 heteroatoms. The van der Waals surface area contributed by atoms with Gasteiger partial charge in [0.25, 0.3) is 17.5 Å². The summed E-state index contributed by atoms with van der Waals surface area (Å²) in [6, 6.07) is 20.9. The average Bonchev–Trinajstić information content (AvgIpc) is 2.88. The molecule has 3 aromatic carbocycles. The van der Waals surface area contributed by atoms with Crippen molar-refractivity contribution in [2.24, 2.45) is 0 Å². The molecule has 0 fully saturated rings. The first kappa shape index (κ1) is 26.2. The van der Waals surface area contributed by atoms with Crippen LogP contribution in [0.25, 0.3) is 6.08 Å². The molecule has 0 heterocycles. The Kier molecular flexibility index (Phi) is 9.35. The number of esters is 1. The van der Waals surface area contributed by atoms with Crippen molar-refractivity contribution in [3.8, 4) is 0 Å². The highest BCUT2D eigenvalue weighted by Crippen LogP contribution is 2.23. The second-order valence-electron chi connectivity index (χ2n) is 7.27. The number of thioether (sulfide) groups is 1. The molecule has 0 saturated heterocycles. The lowest BCUT2D eigenvalue weighted by atomic mass is 10.1. The van der Waals surface area contributed by atoms with Gasteiger partial charge in [0.2, 0.25) is 0 Å². The monoisotopic (exact) mass is 505 g/mol. The lowest BCUT2D eigenvalue weighted by Crippen LogP contribution is -2.30. The van der Waals surface area contributed by atoms with Gasteiger partial charge in [0, 0.05) is 22.2 Å². The van der Waals surface area contributed by atoms with Gasteiger partial charge in [-0.25, -0.2) is 0 Å². The Bertz CT molecular complexity index is 1280. The highest BCUT2D eigenvalue weighted by Gasteiger charge is 2.18. The van der Waals surface area contributed by atoms with Gasteiger partial charge in [0.15, 0.2) is 0 Å². The lowest BCUT2D eigenvalue weighted by molar-refractivity contribution is -0.385. The number of carbonyl (C=O) groups is 3. The zero-order chi connectivity index (χ0) is 25.9. The minimum Gasteiger partial charge on any atom is -0.465 e. The number of ether oxygens (including phenoxy) is 1. The fourth-order valence-corrected chi connectivity index (χ4v) is 3.75. The first-order chi connectivity index (χ1) is 17.4. The first-order valence-corrected chi connectivity index (χ1v) is 11.9. The normalized spacial score (nSPS) is 10.9. The third kappa shape index (κ3) is 7.54. The summed E-state index contributed by atoms with van der Waals surface area (Å²) >= 11 is 1.30. The number of nitrogens with one attached hydrogen (secondary N) is 2. The molecular weight excluding hydrogens is 482 g/mol. The minimum atomic E-state index is -0.663. The number of nitro groups is 1. The Morgan fingerprint density at radius 2 is 1.64 bits per heavy atom. The number of amides is 2. The highest BCUT2D eigenvalue weighted by atomic mass is 32.2. The zero-order valence-electron chi connectivity index (χ0n) is 19.3. The Morgan fingerprint density at radius 3 is 2.31 bits per heavy atom. The number of rotatable bonds is 10. The van der Waals surface area contributed by atoms with Gasteiger partial charge in [0.1, 0.15) is 5.70 Å². The number of nitrogens with zero attached hydrogens (tertiary/aromatic N) is 1. The second-order valence-corrected chi connectivity index (χ2v) is 8.32. The van der Waals surface area contributed by atoms with E-state index in [0.717, 1.165) is 4.90 Å². The number of para-hydroxylation sites is 1. The van der Waals surface area contributed by atoms with Crippen LogP contribution >= 0.6 is 11.8 Å². The van der Waals surface area contributed by atoms with Crippen LogP contribution in [-0.4, -0.2) is 35.1 Å². The molecule has 0 aliphatic rings. The van der Waals surface area contributed by atoms with E-state index >= 15 is 0 Å². The maximum Gasteiger partial charge on any atom is 0.316 e. The van der Waals surface area contributed by atoms with E-state index in [1.54, 1.807) is 67.6 Å². The number of carbonyl (C=O) groups excluding carboxylic acids is 3. The molecule has 0 bridgehead atoms. The summed E-state index contributed by atoms with van der Waals surface area (Å²) in [5.41, 5.74) is 0.537. The predicted molar refractivity (Wildman–Crippen MR) is 137 cm³/mol. The number of hydrogen-bond acceptors (Lipinski definition) is 7. The Hall–Kier alpha value is -4.44. The first-order valence-electron chi connectivity index (χ1n) is 10.9. The third-order valence-electron chi connectivity index (χ3n) is 4.74. The fraction of sp³-hybridized carbons (Fsp3) is 0.115. The van der Waals surface area contributed by atoms with Gasteiger partial charge in [-0.05, 0) is 55.5 Å². The van der Waals surface area contributed by atoms with Gasteiger partial charge < -0.3 is 15.4 Å². The molecule has 0 aromatic heterocycles. The van der Waals surface area contributed by atoms with E-state index in [2.05, 4.69) is 10.6 Å². The largest absolute Gasteiger partial charge is 0.465 e. The zero-order valence-corrected chi connectivity index (χ0v) is 20.1. The van der Waals surface area contributed by atoms with Crippen LogP contribution in [0, 0.1) is 10.1 Å². The van der Waals surface area contributed by atoms with Crippen molar-refractivity contribution in [2.45, 2.75) is 11.8 Å². The van der Waals surface area contributed by atoms with Crippen LogP contribution in [0.2, 0.25) is 0 Å². The molecule has 3 rings (SSSR count). The van der Waals surface area contributed by atoms with Crippen molar-refractivity contribution in [3.05, 3.63) is 106 Å². The molecule has 3 aromatic rings. The quantitative estimate of drug-likeness (QED) is 0.135. The van der Waals surface area contributed by atoms with E-state index in [4.69, 9.17) is 4.74 Å². The summed E-state index contributed by atoms with van der Waals surface area (Å²) < 4.78 is 4.90. The van der Waals surface area contributed by atoms with Crippen LogP contribution in [0.1, 0.15) is 22.8 Å². The molecule has 0 saturated carbocycles. The van der Waals surface area contributed by atoms with Gasteiger partial charge in [-0.3, -0.25) is 24.5 Å². The van der Waals surface area contributed by atoms with Gasteiger partial charge >= 0.3 is 5.97 Å². The molecule has 36 heavy (non-hydrogen) atoms. The van der Waals surface area contributed by atoms with Gasteiger partial charge in [-0.1, -0.05) is 30.3 Å². The number of benzene rings is 3. The molecule has 2 N–H and O–H groups in total. The molecule has 9 nitrogen and oxygen atoms in total. The average molecular weight is 506 g/mol. The molecule has 0 spiro atoms. The Labute approximate surface area is 211 Å². The summed E-state index contributed by atoms with van der Waals surface area (Å²) in [6.45, 7) is 2.05. The third-order valence-corrected chi connectivity index (χ3v) is 5.72. The summed E-state index contributed by atoms with van der Waals surface area (Å²) in [6.07, 6.45) is 1.26. The van der Waals surface area contributed by atoms with Gasteiger partial charge in [-0.2, -0.15) is 0 Å². The van der Waals surface area contributed by atoms with Crippen molar-refractivity contribution < 1.29 is 24.0 Å². The Balaban J connectivity index is 1.81. The Morgan fingerprint density at radius 1 is 0.972 bits per heavy atom. The highest BCUT2D eigenvalue weighted by molar-refractivity contribution is 8.00. The van der Waals surface area contributed by atoms with E-state index in [9.17, 15) is 24.5 Å². The van der Waals surface area contributed by atoms with Crippen LogP contribution in [-0.2, 0) is 14.3 Å². The standard InChI is InChI=1S/C26H23N3O6S/c1-2-35-24(30)17-36-21-14-12-20(13-15-21)27-26(32)22(28-25(31)18-8-4-3-5-9-18)16-19-10-6-7-11-23(19)29(33)34/h3-16H,2,17H2,1H3,(H,27,32)(H,28,31)/b22-16+. The van der Waals surface area contributed by atoms with Crippen molar-refractivity contribution in [1.29, 1.82) is 0 Å². The molecule has 0 radical (unpaired) electrons. The number of nitro benzene ring substituents is 1. The number of anilines is 1. The van der Waals surface area contributed by atoms with Crippen LogP contribution in [0.5, 0.6) is 0 Å². The summed E-state index contributed by atoms with van der Waals surface area (Å²) in [7, 11) is 0. The smallest absolute Gasteiger partial charge is 0.316 e. The molecule has 2 amide bonds. The van der Waals surface area contributed by atoms with Crippen LogP contribution in [0.15, 0.2) is 89.5 Å². The van der Waals surface area contributed by atoms with E-state index in [1.807, 2.05) is 0 Å². The van der Waals surface area contributed by atoms with Crippen LogP contribution in [0.3, 0.4) is 0 Å².